The van der Waals surface area contributed by atoms with Gasteiger partial charge in [0.05, 0.1) is 6.61 Å². The average Bonchev–Trinajstić information content (AvgIpc) is 2.09. The fourth-order valence-electron chi connectivity index (χ4n) is 2.46. The quantitative estimate of drug-likeness (QED) is 0.681. The molecule has 0 heterocycles. The van der Waals surface area contributed by atoms with Crippen LogP contribution >= 0.6 is 0 Å². The van der Waals surface area contributed by atoms with E-state index in [4.69, 9.17) is 0 Å². The van der Waals surface area contributed by atoms with Crippen molar-refractivity contribution in [3.63, 3.8) is 0 Å². The standard InChI is InChI=1S/C13H27NO/c1-10(2)7-13(9-15)14-11(3)8-12-5-4-6-12/h10-15H,4-9H2,1-3H3. The van der Waals surface area contributed by atoms with Gasteiger partial charge in [0, 0.05) is 12.1 Å². The molecule has 1 aliphatic rings. The van der Waals surface area contributed by atoms with Gasteiger partial charge in [-0.2, -0.15) is 0 Å². The second-order valence-electron chi connectivity index (χ2n) is 5.61. The van der Waals surface area contributed by atoms with Gasteiger partial charge < -0.3 is 10.4 Å². The first-order valence-corrected chi connectivity index (χ1v) is 6.48. The van der Waals surface area contributed by atoms with Crippen molar-refractivity contribution >= 4 is 0 Å². The van der Waals surface area contributed by atoms with Crippen molar-refractivity contribution in [3.05, 3.63) is 0 Å². The first kappa shape index (κ1) is 13.0. The molecule has 1 fully saturated rings. The van der Waals surface area contributed by atoms with E-state index < -0.39 is 0 Å². The molecule has 0 aromatic carbocycles. The second-order valence-corrected chi connectivity index (χ2v) is 5.61. The molecule has 0 spiro atoms. The average molecular weight is 213 g/mol. The van der Waals surface area contributed by atoms with Gasteiger partial charge in [-0.1, -0.05) is 33.1 Å². The zero-order valence-corrected chi connectivity index (χ0v) is 10.5. The number of aliphatic hydroxyl groups is 1. The molecule has 2 heteroatoms. The minimum atomic E-state index is 0.271. The Kier molecular flexibility index (Phi) is 5.62. The zero-order chi connectivity index (χ0) is 11.3. The first-order chi connectivity index (χ1) is 7.11. The summed E-state index contributed by atoms with van der Waals surface area (Å²) in [5.41, 5.74) is 0. The predicted octanol–water partition coefficient (Wildman–Crippen LogP) is 2.56. The fourth-order valence-corrected chi connectivity index (χ4v) is 2.46. The van der Waals surface area contributed by atoms with Crippen LogP contribution in [0.25, 0.3) is 0 Å². The van der Waals surface area contributed by atoms with Gasteiger partial charge in [-0.15, -0.1) is 0 Å². The van der Waals surface area contributed by atoms with E-state index in [0.717, 1.165) is 12.3 Å². The van der Waals surface area contributed by atoms with Gasteiger partial charge in [-0.3, -0.25) is 0 Å². The maximum atomic E-state index is 9.27. The van der Waals surface area contributed by atoms with Crippen molar-refractivity contribution in [2.45, 2.75) is 65.0 Å². The Morgan fingerprint density at radius 1 is 1.27 bits per heavy atom. The van der Waals surface area contributed by atoms with E-state index in [-0.39, 0.29) is 6.61 Å². The summed E-state index contributed by atoms with van der Waals surface area (Å²) in [6.45, 7) is 6.94. The third-order valence-corrected chi connectivity index (χ3v) is 3.41. The molecule has 0 saturated heterocycles. The highest BCUT2D eigenvalue weighted by Crippen LogP contribution is 2.30. The summed E-state index contributed by atoms with van der Waals surface area (Å²) < 4.78 is 0. The Labute approximate surface area is 94.5 Å². The van der Waals surface area contributed by atoms with Crippen LogP contribution < -0.4 is 5.32 Å². The van der Waals surface area contributed by atoms with E-state index in [1.807, 2.05) is 0 Å². The molecule has 1 rings (SSSR count). The van der Waals surface area contributed by atoms with E-state index in [1.54, 1.807) is 0 Å². The van der Waals surface area contributed by atoms with Gasteiger partial charge in [0.1, 0.15) is 0 Å². The molecule has 2 atom stereocenters. The summed E-state index contributed by atoms with van der Waals surface area (Å²) >= 11 is 0. The van der Waals surface area contributed by atoms with E-state index in [9.17, 15) is 5.11 Å². The molecular weight excluding hydrogens is 186 g/mol. The molecule has 0 amide bonds. The van der Waals surface area contributed by atoms with Gasteiger partial charge in [0.25, 0.3) is 0 Å². The highest BCUT2D eigenvalue weighted by atomic mass is 16.3. The molecular formula is C13H27NO. The number of hydrogen-bond donors (Lipinski definition) is 2. The van der Waals surface area contributed by atoms with Gasteiger partial charge in [0.15, 0.2) is 0 Å². The normalized spacial score (nSPS) is 21.4. The zero-order valence-electron chi connectivity index (χ0n) is 10.5. The van der Waals surface area contributed by atoms with Crippen LogP contribution in [0.1, 0.15) is 52.9 Å². The fraction of sp³-hybridized carbons (Fsp3) is 1.00. The molecule has 2 unspecified atom stereocenters. The van der Waals surface area contributed by atoms with Crippen molar-refractivity contribution < 1.29 is 5.11 Å². The first-order valence-electron chi connectivity index (χ1n) is 6.48. The lowest BCUT2D eigenvalue weighted by Gasteiger charge is -2.30. The molecule has 1 saturated carbocycles. The summed E-state index contributed by atoms with van der Waals surface area (Å²) in [5.74, 6) is 1.61. The molecule has 1 aliphatic carbocycles. The molecule has 0 bridgehead atoms. The Bertz CT molecular complexity index is 166. The lowest BCUT2D eigenvalue weighted by molar-refractivity contribution is 0.196. The molecule has 0 aromatic heterocycles. The van der Waals surface area contributed by atoms with Crippen LogP contribution in [-0.2, 0) is 0 Å². The second kappa shape index (κ2) is 6.49. The molecule has 0 radical (unpaired) electrons. The van der Waals surface area contributed by atoms with E-state index >= 15 is 0 Å². The van der Waals surface area contributed by atoms with Gasteiger partial charge >= 0.3 is 0 Å². The SMILES string of the molecule is CC(C)CC(CO)NC(C)CC1CCC1. The molecule has 2 nitrogen and oxygen atoms in total. The number of hydrogen-bond acceptors (Lipinski definition) is 2. The van der Waals surface area contributed by atoms with E-state index in [1.165, 1.54) is 25.7 Å². The number of nitrogens with one attached hydrogen (secondary N) is 1. The highest BCUT2D eigenvalue weighted by Gasteiger charge is 2.21. The third kappa shape index (κ3) is 4.98. The Morgan fingerprint density at radius 3 is 2.33 bits per heavy atom. The lowest BCUT2D eigenvalue weighted by atomic mass is 9.81. The van der Waals surface area contributed by atoms with Crippen LogP contribution in [0.4, 0.5) is 0 Å². The summed E-state index contributed by atoms with van der Waals surface area (Å²) in [7, 11) is 0. The molecule has 0 aromatic rings. The lowest BCUT2D eigenvalue weighted by Crippen LogP contribution is -2.41. The molecule has 90 valence electrons. The van der Waals surface area contributed by atoms with Crippen LogP contribution in [0.15, 0.2) is 0 Å². The summed E-state index contributed by atoms with van der Waals surface area (Å²) in [4.78, 5) is 0. The number of aliphatic hydroxyl groups excluding tert-OH is 1. The summed E-state index contributed by atoms with van der Waals surface area (Å²) in [6.07, 6.45) is 6.62. The largest absolute Gasteiger partial charge is 0.395 e. The summed E-state index contributed by atoms with van der Waals surface area (Å²) in [5, 5.41) is 12.8. The van der Waals surface area contributed by atoms with Crippen molar-refractivity contribution in [2.75, 3.05) is 6.61 Å². The van der Waals surface area contributed by atoms with Crippen LogP contribution in [0.2, 0.25) is 0 Å². The number of rotatable bonds is 7. The van der Waals surface area contributed by atoms with E-state index in [0.29, 0.717) is 18.0 Å². The van der Waals surface area contributed by atoms with Gasteiger partial charge in [-0.25, -0.2) is 0 Å². The van der Waals surface area contributed by atoms with Crippen molar-refractivity contribution in [1.82, 2.24) is 5.32 Å². The predicted molar refractivity (Wildman–Crippen MR) is 64.9 cm³/mol. The van der Waals surface area contributed by atoms with Crippen LogP contribution in [0, 0.1) is 11.8 Å². The minimum absolute atomic E-state index is 0.271. The van der Waals surface area contributed by atoms with Crippen LogP contribution in [0.3, 0.4) is 0 Å². The van der Waals surface area contributed by atoms with Crippen LogP contribution in [-0.4, -0.2) is 23.8 Å². The molecule has 0 aliphatic heterocycles. The van der Waals surface area contributed by atoms with E-state index in [2.05, 4.69) is 26.1 Å². The maximum Gasteiger partial charge on any atom is 0.0584 e. The van der Waals surface area contributed by atoms with Crippen molar-refractivity contribution in [1.29, 1.82) is 0 Å². The highest BCUT2D eigenvalue weighted by molar-refractivity contribution is 4.78. The Balaban J connectivity index is 2.17. The van der Waals surface area contributed by atoms with Crippen molar-refractivity contribution in [3.8, 4) is 0 Å². The topological polar surface area (TPSA) is 32.3 Å². The van der Waals surface area contributed by atoms with Crippen molar-refractivity contribution in [2.24, 2.45) is 11.8 Å². The molecule has 15 heavy (non-hydrogen) atoms. The van der Waals surface area contributed by atoms with Gasteiger partial charge in [0.2, 0.25) is 0 Å². The summed E-state index contributed by atoms with van der Waals surface area (Å²) in [6, 6.07) is 0.853. The maximum absolute atomic E-state index is 9.27. The Morgan fingerprint density at radius 2 is 1.93 bits per heavy atom. The van der Waals surface area contributed by atoms with Gasteiger partial charge in [-0.05, 0) is 31.6 Å². The minimum Gasteiger partial charge on any atom is -0.395 e. The van der Waals surface area contributed by atoms with Crippen LogP contribution in [0.5, 0.6) is 0 Å². The third-order valence-electron chi connectivity index (χ3n) is 3.41. The monoisotopic (exact) mass is 213 g/mol. The smallest absolute Gasteiger partial charge is 0.0584 e. The Hall–Kier alpha value is -0.0800. The molecule has 2 N–H and O–H groups in total.